The Morgan fingerprint density at radius 2 is 2.03 bits per heavy atom. The summed E-state index contributed by atoms with van der Waals surface area (Å²) in [5.74, 6) is -0.872. The first-order chi connectivity index (χ1) is 16.8. The molecule has 35 heavy (non-hydrogen) atoms. The fourth-order valence-electron chi connectivity index (χ4n) is 4.13. The van der Waals surface area contributed by atoms with Crippen molar-refractivity contribution in [1.82, 2.24) is 19.7 Å². The minimum absolute atomic E-state index is 0.328. The summed E-state index contributed by atoms with van der Waals surface area (Å²) in [5, 5.41) is 7.80. The number of halogens is 1. The number of hydrogen-bond donors (Lipinski definition) is 3. The zero-order valence-electron chi connectivity index (χ0n) is 20.0. The van der Waals surface area contributed by atoms with E-state index in [1.165, 1.54) is 12.3 Å². The van der Waals surface area contributed by atoms with Gasteiger partial charge in [-0.1, -0.05) is 6.58 Å². The Morgan fingerprint density at radius 1 is 1.26 bits per heavy atom. The van der Waals surface area contributed by atoms with Crippen molar-refractivity contribution in [3.05, 3.63) is 72.1 Å². The van der Waals surface area contributed by atoms with Crippen LogP contribution in [0.15, 0.2) is 54.6 Å². The molecule has 3 aromatic heterocycles. The van der Waals surface area contributed by atoms with Crippen molar-refractivity contribution in [2.24, 2.45) is 17.8 Å². The van der Waals surface area contributed by atoms with Gasteiger partial charge in [0.25, 0.3) is 0 Å². The van der Waals surface area contributed by atoms with Crippen molar-refractivity contribution in [2.75, 3.05) is 12.4 Å². The molecule has 0 unspecified atom stereocenters. The van der Waals surface area contributed by atoms with Crippen LogP contribution in [0.4, 0.5) is 10.1 Å². The van der Waals surface area contributed by atoms with Gasteiger partial charge in [-0.3, -0.25) is 14.5 Å². The van der Waals surface area contributed by atoms with Crippen LogP contribution in [0, 0.1) is 19.7 Å². The van der Waals surface area contributed by atoms with Crippen molar-refractivity contribution >= 4 is 34.4 Å². The molecule has 0 radical (unpaired) electrons. The zero-order valence-corrected chi connectivity index (χ0v) is 20.0. The Bertz CT molecular complexity index is 1520. The molecule has 0 saturated heterocycles. The zero-order chi connectivity index (χ0) is 25.3. The number of aromatic amines is 1. The maximum absolute atomic E-state index is 15.1. The smallest absolute Gasteiger partial charge is 0.247 e. The molecule has 3 heterocycles. The van der Waals surface area contributed by atoms with E-state index in [2.05, 4.69) is 32.0 Å². The largest absolute Gasteiger partial charge is 0.404 e. The summed E-state index contributed by atoms with van der Waals surface area (Å²) >= 11 is 0. The number of aryl methyl sites for hydroxylation is 2. The molecule has 0 aliphatic rings. The van der Waals surface area contributed by atoms with Crippen LogP contribution in [-0.4, -0.2) is 38.9 Å². The number of nitrogens with zero attached hydrogens (tertiary/aromatic N) is 4. The molecule has 0 bridgehead atoms. The van der Waals surface area contributed by atoms with Crippen molar-refractivity contribution in [2.45, 2.75) is 13.8 Å². The topological polar surface area (TPSA) is 114 Å². The number of pyridine rings is 1. The van der Waals surface area contributed by atoms with Crippen LogP contribution < -0.4 is 11.1 Å². The SMILES string of the molecule is C=CC(=O)Nc1cc(-c2c(-c3cnn(C)c3)[nH]c3ncc(/C(C=NC)=C/N)c(C)c23)cc(F)c1C. The maximum Gasteiger partial charge on any atom is 0.247 e. The minimum atomic E-state index is -0.448. The fraction of sp³-hybridized carbons (Fsp3) is 0.154. The van der Waals surface area contributed by atoms with E-state index >= 15 is 4.39 Å². The lowest BCUT2D eigenvalue weighted by Crippen LogP contribution is -2.09. The quantitative estimate of drug-likeness (QED) is 0.284. The van der Waals surface area contributed by atoms with Gasteiger partial charge in [0, 0.05) is 77.8 Å². The van der Waals surface area contributed by atoms with Crippen LogP contribution in [0.1, 0.15) is 16.7 Å². The third-order valence-corrected chi connectivity index (χ3v) is 5.91. The Labute approximate surface area is 202 Å². The Kier molecular flexibility index (Phi) is 6.33. The second-order valence-electron chi connectivity index (χ2n) is 8.13. The molecular weight excluding hydrogens is 445 g/mol. The molecule has 0 atom stereocenters. The van der Waals surface area contributed by atoms with Crippen LogP contribution >= 0.6 is 0 Å². The van der Waals surface area contributed by atoms with Crippen LogP contribution in [0.3, 0.4) is 0 Å². The van der Waals surface area contributed by atoms with E-state index < -0.39 is 11.7 Å². The maximum atomic E-state index is 15.1. The number of rotatable bonds is 6. The summed E-state index contributed by atoms with van der Waals surface area (Å²) in [7, 11) is 3.49. The molecule has 1 aromatic carbocycles. The van der Waals surface area contributed by atoms with Crippen molar-refractivity contribution < 1.29 is 9.18 Å². The fourth-order valence-corrected chi connectivity index (χ4v) is 4.13. The normalized spacial score (nSPS) is 12.0. The van der Waals surface area contributed by atoms with E-state index in [-0.39, 0.29) is 0 Å². The van der Waals surface area contributed by atoms with Crippen LogP contribution in [0.2, 0.25) is 0 Å². The van der Waals surface area contributed by atoms with Gasteiger partial charge in [-0.15, -0.1) is 0 Å². The van der Waals surface area contributed by atoms with Gasteiger partial charge in [-0.05, 0) is 43.2 Å². The second-order valence-corrected chi connectivity index (χ2v) is 8.13. The number of aliphatic imine (C=N–C) groups is 1. The number of hydrogen-bond acceptors (Lipinski definition) is 5. The van der Waals surface area contributed by atoms with Crippen molar-refractivity contribution in [3.63, 3.8) is 0 Å². The average molecular weight is 472 g/mol. The van der Waals surface area contributed by atoms with Crippen LogP contribution in [0.5, 0.6) is 0 Å². The van der Waals surface area contributed by atoms with Gasteiger partial charge in [-0.2, -0.15) is 5.10 Å². The number of benzene rings is 1. The summed E-state index contributed by atoms with van der Waals surface area (Å²) in [5.41, 5.74) is 12.4. The molecule has 0 fully saturated rings. The van der Waals surface area contributed by atoms with Gasteiger partial charge in [0.2, 0.25) is 5.91 Å². The van der Waals surface area contributed by atoms with Gasteiger partial charge in [0.05, 0.1) is 11.9 Å². The number of anilines is 1. The van der Waals surface area contributed by atoms with E-state index in [1.807, 2.05) is 20.2 Å². The van der Waals surface area contributed by atoms with Crippen molar-refractivity contribution in [3.8, 4) is 22.4 Å². The van der Waals surface area contributed by atoms with Gasteiger partial charge >= 0.3 is 0 Å². The van der Waals surface area contributed by atoms with Crippen LogP contribution in [0.25, 0.3) is 39.0 Å². The molecule has 1 amide bonds. The molecule has 4 aromatic rings. The lowest BCUT2D eigenvalue weighted by Gasteiger charge is -2.13. The first kappa shape index (κ1) is 23.6. The number of H-pyrrole nitrogens is 1. The highest BCUT2D eigenvalue weighted by Gasteiger charge is 2.22. The summed E-state index contributed by atoms with van der Waals surface area (Å²) in [6.45, 7) is 7.06. The highest BCUT2D eigenvalue weighted by atomic mass is 19.1. The molecule has 0 aliphatic carbocycles. The van der Waals surface area contributed by atoms with E-state index in [0.717, 1.165) is 39.4 Å². The summed E-state index contributed by atoms with van der Waals surface area (Å²) in [6.07, 6.45) is 9.61. The van der Waals surface area contributed by atoms with Crippen LogP contribution in [-0.2, 0) is 11.8 Å². The standard InChI is InChI=1S/C26H26FN7O/c1-6-22(35)32-21-8-16(7-20(27)15(21)3)24-23-14(2)19(17(9-28)10-29-4)12-30-26(23)33-25(24)18-11-31-34(5)13-18/h6-13H,1,28H2,2-5H3,(H,30,33)(H,32,35)/b17-9+,29-10?. The molecule has 8 nitrogen and oxygen atoms in total. The van der Waals surface area contributed by atoms with Crippen molar-refractivity contribution in [1.29, 1.82) is 0 Å². The summed E-state index contributed by atoms with van der Waals surface area (Å²) in [6, 6.07) is 3.21. The van der Waals surface area contributed by atoms with E-state index in [1.54, 1.807) is 43.3 Å². The summed E-state index contributed by atoms with van der Waals surface area (Å²) in [4.78, 5) is 24.1. The molecule has 0 saturated carbocycles. The Hall–Kier alpha value is -4.53. The number of aromatic nitrogens is 4. The predicted molar refractivity (Wildman–Crippen MR) is 139 cm³/mol. The third-order valence-electron chi connectivity index (χ3n) is 5.91. The van der Waals surface area contributed by atoms with E-state index in [0.29, 0.717) is 28.0 Å². The number of nitrogens with one attached hydrogen (secondary N) is 2. The second kappa shape index (κ2) is 9.38. The average Bonchev–Trinajstić information content (AvgIpc) is 3.44. The molecule has 0 aliphatic heterocycles. The lowest BCUT2D eigenvalue weighted by molar-refractivity contribution is -0.111. The third kappa shape index (κ3) is 4.23. The molecule has 178 valence electrons. The van der Waals surface area contributed by atoms with Gasteiger partial charge in [0.15, 0.2) is 0 Å². The highest BCUT2D eigenvalue weighted by molar-refractivity contribution is 6.13. The molecular formula is C26H26FN7O. The molecule has 9 heteroatoms. The number of allylic oxidation sites excluding steroid dienone is 1. The number of amides is 1. The first-order valence-electron chi connectivity index (χ1n) is 10.9. The minimum Gasteiger partial charge on any atom is -0.404 e. The van der Waals surface area contributed by atoms with E-state index in [4.69, 9.17) is 5.73 Å². The number of fused-ring (bicyclic) bond motifs is 1. The number of nitrogens with two attached hydrogens (primary N) is 1. The van der Waals surface area contributed by atoms with E-state index in [9.17, 15) is 4.79 Å². The van der Waals surface area contributed by atoms with Gasteiger partial charge < -0.3 is 16.0 Å². The Morgan fingerprint density at radius 3 is 2.66 bits per heavy atom. The van der Waals surface area contributed by atoms with Gasteiger partial charge in [-0.25, -0.2) is 9.37 Å². The molecule has 0 spiro atoms. The number of carbonyl (C=O) groups is 1. The molecule has 4 rings (SSSR count). The number of carbonyl (C=O) groups excluding carboxylic acids is 1. The molecule has 4 N–H and O–H groups in total. The Balaban J connectivity index is 2.09. The summed E-state index contributed by atoms with van der Waals surface area (Å²) < 4.78 is 16.8. The lowest BCUT2D eigenvalue weighted by atomic mass is 9.93. The predicted octanol–water partition coefficient (Wildman–Crippen LogP) is 4.51. The first-order valence-corrected chi connectivity index (χ1v) is 10.9. The monoisotopic (exact) mass is 471 g/mol. The van der Waals surface area contributed by atoms with Gasteiger partial charge in [0.1, 0.15) is 11.5 Å². The highest BCUT2D eigenvalue weighted by Crippen LogP contribution is 2.42.